The first-order valence-electron chi connectivity index (χ1n) is 3.79. The zero-order valence-corrected chi connectivity index (χ0v) is 6.72. The second kappa shape index (κ2) is 8.22. The molecule has 0 N–H and O–H groups in total. The van der Waals surface area contributed by atoms with E-state index in [-0.39, 0.29) is 0 Å². The molecule has 0 aromatic heterocycles. The van der Waals surface area contributed by atoms with Gasteiger partial charge in [-0.2, -0.15) is 0 Å². The van der Waals surface area contributed by atoms with Crippen LogP contribution in [0.15, 0.2) is 37.0 Å². The van der Waals surface area contributed by atoms with E-state index in [4.69, 9.17) is 0 Å². The van der Waals surface area contributed by atoms with Crippen molar-refractivity contribution in [3.05, 3.63) is 37.0 Å². The van der Waals surface area contributed by atoms with Crippen molar-refractivity contribution in [1.82, 2.24) is 0 Å². The summed E-state index contributed by atoms with van der Waals surface area (Å²) in [4.78, 5) is 0. The molecule has 0 radical (unpaired) electrons. The Morgan fingerprint density at radius 1 is 1.10 bits per heavy atom. The Hall–Kier alpha value is -0.780. The first-order chi connectivity index (χ1) is 4.91. The standard InChI is InChI=1S/C10H16/c1-3-5-7-9-10-8-6-4-2/h3-4,6-7,9H,1,5,8,10H2,2H3/b6-4?,9-7+. The normalized spacial score (nSPS) is 11.3. The zero-order chi connectivity index (χ0) is 7.66. The highest BCUT2D eigenvalue weighted by Crippen LogP contribution is 1.93. The Balaban J connectivity index is 3.09. The van der Waals surface area contributed by atoms with Crippen LogP contribution >= 0.6 is 0 Å². The molecule has 0 aromatic rings. The zero-order valence-electron chi connectivity index (χ0n) is 6.72. The highest BCUT2D eigenvalue weighted by molar-refractivity contribution is 4.90. The molecule has 0 amide bonds. The van der Waals surface area contributed by atoms with Gasteiger partial charge in [0.15, 0.2) is 0 Å². The van der Waals surface area contributed by atoms with Crippen molar-refractivity contribution in [3.63, 3.8) is 0 Å². The van der Waals surface area contributed by atoms with Gasteiger partial charge in [-0.25, -0.2) is 0 Å². The number of rotatable bonds is 5. The highest BCUT2D eigenvalue weighted by Gasteiger charge is 1.73. The molecule has 0 saturated heterocycles. The molecule has 0 aliphatic heterocycles. The van der Waals surface area contributed by atoms with Gasteiger partial charge in [-0.15, -0.1) is 6.58 Å². The van der Waals surface area contributed by atoms with E-state index in [1.54, 1.807) is 0 Å². The maximum absolute atomic E-state index is 3.63. The number of hydrogen-bond acceptors (Lipinski definition) is 0. The molecule has 0 aliphatic carbocycles. The maximum Gasteiger partial charge on any atom is -0.0172 e. The molecule has 56 valence electrons. The third-order valence-corrected chi connectivity index (χ3v) is 1.21. The van der Waals surface area contributed by atoms with Crippen LogP contribution in [0.2, 0.25) is 0 Å². The Morgan fingerprint density at radius 3 is 2.40 bits per heavy atom. The molecule has 0 spiro atoms. The molecule has 0 aliphatic rings. The van der Waals surface area contributed by atoms with Crippen molar-refractivity contribution in [2.75, 3.05) is 0 Å². The Kier molecular flexibility index (Phi) is 7.58. The van der Waals surface area contributed by atoms with Crippen LogP contribution in [0.4, 0.5) is 0 Å². The van der Waals surface area contributed by atoms with Gasteiger partial charge in [0.1, 0.15) is 0 Å². The quantitative estimate of drug-likeness (QED) is 0.401. The molecule has 0 heterocycles. The van der Waals surface area contributed by atoms with E-state index in [1.807, 2.05) is 13.0 Å². The maximum atomic E-state index is 3.63. The first-order valence-corrected chi connectivity index (χ1v) is 3.79. The van der Waals surface area contributed by atoms with Crippen LogP contribution in [0.3, 0.4) is 0 Å². The lowest BCUT2D eigenvalue weighted by Gasteiger charge is -1.84. The molecule has 0 aromatic carbocycles. The number of hydrogen-bond donors (Lipinski definition) is 0. The lowest BCUT2D eigenvalue weighted by molar-refractivity contribution is 1.04. The average Bonchev–Trinajstić information content (AvgIpc) is 1.97. The van der Waals surface area contributed by atoms with Crippen LogP contribution in [0.1, 0.15) is 26.2 Å². The van der Waals surface area contributed by atoms with Gasteiger partial charge < -0.3 is 0 Å². The Labute approximate surface area is 64.0 Å². The predicted molar refractivity (Wildman–Crippen MR) is 48.0 cm³/mol. The summed E-state index contributed by atoms with van der Waals surface area (Å²) in [7, 11) is 0. The summed E-state index contributed by atoms with van der Waals surface area (Å²) in [5.41, 5.74) is 0. The van der Waals surface area contributed by atoms with Crippen molar-refractivity contribution < 1.29 is 0 Å². The topological polar surface area (TPSA) is 0 Å². The van der Waals surface area contributed by atoms with Crippen molar-refractivity contribution in [1.29, 1.82) is 0 Å². The summed E-state index contributed by atoms with van der Waals surface area (Å²) in [6.07, 6.45) is 13.8. The predicted octanol–water partition coefficient (Wildman–Crippen LogP) is 3.48. The second-order valence-electron chi connectivity index (χ2n) is 2.14. The van der Waals surface area contributed by atoms with Crippen LogP contribution < -0.4 is 0 Å². The smallest absolute Gasteiger partial charge is 0.0172 e. The summed E-state index contributed by atoms with van der Waals surface area (Å²) in [6.45, 7) is 5.68. The molecule has 0 rings (SSSR count). The largest absolute Gasteiger partial charge is 0.103 e. The van der Waals surface area contributed by atoms with Crippen molar-refractivity contribution in [2.45, 2.75) is 26.2 Å². The average molecular weight is 136 g/mol. The first kappa shape index (κ1) is 9.22. The van der Waals surface area contributed by atoms with E-state index in [1.165, 1.54) is 0 Å². The van der Waals surface area contributed by atoms with Crippen molar-refractivity contribution in [2.24, 2.45) is 0 Å². The molecule has 0 fully saturated rings. The van der Waals surface area contributed by atoms with Crippen LogP contribution in [-0.4, -0.2) is 0 Å². The Bertz CT molecular complexity index is 118. The van der Waals surface area contributed by atoms with Crippen LogP contribution in [-0.2, 0) is 0 Å². The van der Waals surface area contributed by atoms with Gasteiger partial charge in [0.2, 0.25) is 0 Å². The van der Waals surface area contributed by atoms with Gasteiger partial charge in [0.05, 0.1) is 0 Å². The minimum Gasteiger partial charge on any atom is -0.103 e. The molecule has 0 unspecified atom stereocenters. The number of allylic oxidation sites excluding steroid dienone is 5. The van der Waals surface area contributed by atoms with E-state index >= 15 is 0 Å². The van der Waals surface area contributed by atoms with Gasteiger partial charge in [0.25, 0.3) is 0 Å². The molecule has 0 bridgehead atoms. The molecule has 0 atom stereocenters. The van der Waals surface area contributed by atoms with Gasteiger partial charge in [0, 0.05) is 0 Å². The third kappa shape index (κ3) is 7.22. The lowest BCUT2D eigenvalue weighted by Crippen LogP contribution is -1.63. The van der Waals surface area contributed by atoms with Crippen molar-refractivity contribution >= 4 is 0 Å². The SMILES string of the molecule is C=CC/C=C/CCC=CC. The van der Waals surface area contributed by atoms with Gasteiger partial charge in [-0.3, -0.25) is 0 Å². The molecule has 0 heteroatoms. The van der Waals surface area contributed by atoms with E-state index in [0.717, 1.165) is 19.3 Å². The fourth-order valence-electron chi connectivity index (χ4n) is 0.669. The fraction of sp³-hybridized carbons (Fsp3) is 0.400. The minimum absolute atomic E-state index is 0.996. The van der Waals surface area contributed by atoms with E-state index < -0.39 is 0 Å². The second-order valence-corrected chi connectivity index (χ2v) is 2.14. The minimum atomic E-state index is 0.996. The third-order valence-electron chi connectivity index (χ3n) is 1.21. The van der Waals surface area contributed by atoms with E-state index in [9.17, 15) is 0 Å². The van der Waals surface area contributed by atoms with Crippen LogP contribution in [0.25, 0.3) is 0 Å². The Morgan fingerprint density at radius 2 is 1.80 bits per heavy atom. The lowest BCUT2D eigenvalue weighted by atomic mass is 10.2. The summed E-state index contributed by atoms with van der Waals surface area (Å²) < 4.78 is 0. The fourth-order valence-corrected chi connectivity index (χ4v) is 0.669. The molecular formula is C10H16. The van der Waals surface area contributed by atoms with Gasteiger partial charge in [-0.05, 0) is 26.2 Å². The molecule has 10 heavy (non-hydrogen) atoms. The van der Waals surface area contributed by atoms with Gasteiger partial charge >= 0.3 is 0 Å². The summed E-state index contributed by atoms with van der Waals surface area (Å²) in [6, 6.07) is 0. The number of unbranched alkanes of at least 4 members (excludes halogenated alkanes) is 1. The van der Waals surface area contributed by atoms with Crippen LogP contribution in [0, 0.1) is 0 Å². The monoisotopic (exact) mass is 136 g/mol. The summed E-state index contributed by atoms with van der Waals surface area (Å²) >= 11 is 0. The molecule has 0 nitrogen and oxygen atoms in total. The highest BCUT2D eigenvalue weighted by atomic mass is 13.8. The van der Waals surface area contributed by atoms with E-state index in [2.05, 4.69) is 30.9 Å². The molecular weight excluding hydrogens is 120 g/mol. The van der Waals surface area contributed by atoms with Crippen LogP contribution in [0.5, 0.6) is 0 Å². The summed E-state index contributed by atoms with van der Waals surface area (Å²) in [5.74, 6) is 0. The van der Waals surface area contributed by atoms with Gasteiger partial charge in [-0.1, -0.05) is 30.4 Å². The summed E-state index contributed by atoms with van der Waals surface area (Å²) in [5, 5.41) is 0. The van der Waals surface area contributed by atoms with E-state index in [0.29, 0.717) is 0 Å². The molecule has 0 saturated carbocycles. The van der Waals surface area contributed by atoms with Crippen molar-refractivity contribution in [3.8, 4) is 0 Å².